The molecule has 140 valence electrons. The van der Waals surface area contributed by atoms with Crippen molar-refractivity contribution in [2.45, 2.75) is 96.1 Å². The highest BCUT2D eigenvalue weighted by Crippen LogP contribution is 2.23. The summed E-state index contributed by atoms with van der Waals surface area (Å²) in [6.07, 6.45) is 9.57. The molecule has 5 heteroatoms. The second-order valence-electron chi connectivity index (χ2n) is 6.30. The third-order valence-corrected chi connectivity index (χ3v) is 5.10. The monoisotopic (exact) mass is 356 g/mol. The van der Waals surface area contributed by atoms with Gasteiger partial charge in [-0.15, -0.1) is 0 Å². The number of hydrogen-bond donors (Lipinski definition) is 1. The second kappa shape index (κ2) is 16.9. The maximum atomic E-state index is 11.9. The molecule has 0 atom stereocenters. The standard InChI is InChI=1S/C18H35F3OS/c19-18(20,21)14-11-9-7-5-3-1-2-4-6-8-10-12-16-23-17-13-15-22/h22H,1-17H2. The van der Waals surface area contributed by atoms with Crippen LogP contribution in [0, 0.1) is 0 Å². The van der Waals surface area contributed by atoms with E-state index in [1.54, 1.807) is 0 Å². The molecule has 23 heavy (non-hydrogen) atoms. The van der Waals surface area contributed by atoms with Gasteiger partial charge in [0.05, 0.1) is 0 Å². The van der Waals surface area contributed by atoms with E-state index >= 15 is 0 Å². The number of alkyl halides is 3. The Labute approximate surface area is 144 Å². The van der Waals surface area contributed by atoms with Crippen molar-refractivity contribution in [1.29, 1.82) is 0 Å². The van der Waals surface area contributed by atoms with E-state index in [0.29, 0.717) is 13.0 Å². The smallest absolute Gasteiger partial charge is 0.389 e. The lowest BCUT2D eigenvalue weighted by molar-refractivity contribution is -0.135. The lowest BCUT2D eigenvalue weighted by Gasteiger charge is -2.05. The summed E-state index contributed by atoms with van der Waals surface area (Å²) in [4.78, 5) is 0. The van der Waals surface area contributed by atoms with Gasteiger partial charge >= 0.3 is 6.18 Å². The molecule has 0 aromatic carbocycles. The molecule has 0 aliphatic heterocycles. The Hall–Kier alpha value is 0.100. The van der Waals surface area contributed by atoms with E-state index < -0.39 is 12.6 Å². The summed E-state index contributed by atoms with van der Waals surface area (Å²) in [5.41, 5.74) is 0. The molecule has 0 rings (SSSR count). The SMILES string of the molecule is OCCCSCCCCCCCCCCCCCCC(F)(F)F. The van der Waals surface area contributed by atoms with Crippen molar-refractivity contribution in [1.82, 2.24) is 0 Å². The zero-order valence-corrected chi connectivity index (χ0v) is 15.3. The first-order chi connectivity index (χ1) is 11.1. The Morgan fingerprint density at radius 1 is 0.565 bits per heavy atom. The molecule has 0 saturated carbocycles. The molecular formula is C18H35F3OS. The lowest BCUT2D eigenvalue weighted by atomic mass is 10.0. The van der Waals surface area contributed by atoms with Crippen molar-refractivity contribution in [3.05, 3.63) is 0 Å². The molecule has 0 radical (unpaired) electrons. The predicted octanol–water partition coefficient (Wildman–Crippen LogP) is 6.74. The number of halogens is 3. The predicted molar refractivity (Wildman–Crippen MR) is 95.1 cm³/mol. The molecule has 0 aliphatic rings. The van der Waals surface area contributed by atoms with E-state index in [1.165, 1.54) is 57.1 Å². The maximum Gasteiger partial charge on any atom is 0.389 e. The Kier molecular flexibility index (Phi) is 17.0. The molecule has 0 aliphatic carbocycles. The van der Waals surface area contributed by atoms with Gasteiger partial charge in [0.15, 0.2) is 0 Å². The summed E-state index contributed by atoms with van der Waals surface area (Å²) >= 11 is 1.94. The van der Waals surface area contributed by atoms with E-state index in [1.807, 2.05) is 11.8 Å². The van der Waals surface area contributed by atoms with E-state index in [0.717, 1.165) is 31.4 Å². The first-order valence-electron chi connectivity index (χ1n) is 9.31. The van der Waals surface area contributed by atoms with Crippen LogP contribution in [0.3, 0.4) is 0 Å². The van der Waals surface area contributed by atoms with Gasteiger partial charge in [-0.3, -0.25) is 0 Å². The largest absolute Gasteiger partial charge is 0.396 e. The minimum atomic E-state index is -3.97. The van der Waals surface area contributed by atoms with E-state index in [9.17, 15) is 13.2 Å². The van der Waals surface area contributed by atoms with Crippen LogP contribution in [0.5, 0.6) is 0 Å². The molecule has 0 unspecified atom stereocenters. The van der Waals surface area contributed by atoms with Gasteiger partial charge in [0, 0.05) is 13.0 Å². The van der Waals surface area contributed by atoms with E-state index in [-0.39, 0.29) is 0 Å². The summed E-state index contributed by atoms with van der Waals surface area (Å²) in [5.74, 6) is 2.29. The molecule has 0 fully saturated rings. The minimum absolute atomic E-state index is 0.293. The number of aliphatic hydroxyl groups excluding tert-OH is 1. The Balaban J connectivity index is 3.00. The van der Waals surface area contributed by atoms with Gasteiger partial charge in [0.1, 0.15) is 0 Å². The fourth-order valence-corrected chi connectivity index (χ4v) is 3.51. The molecule has 0 amide bonds. The van der Waals surface area contributed by atoms with Crippen LogP contribution in [0.4, 0.5) is 13.2 Å². The van der Waals surface area contributed by atoms with Crippen LogP contribution < -0.4 is 0 Å². The Morgan fingerprint density at radius 2 is 0.957 bits per heavy atom. The van der Waals surface area contributed by atoms with Crippen LogP contribution in [-0.2, 0) is 0 Å². The molecule has 0 spiro atoms. The molecule has 1 nitrogen and oxygen atoms in total. The fraction of sp³-hybridized carbons (Fsp3) is 1.00. The highest BCUT2D eigenvalue weighted by Gasteiger charge is 2.25. The van der Waals surface area contributed by atoms with Crippen LogP contribution in [0.1, 0.15) is 89.9 Å². The highest BCUT2D eigenvalue weighted by atomic mass is 32.2. The average Bonchev–Trinajstić information content (AvgIpc) is 2.49. The third-order valence-electron chi connectivity index (χ3n) is 3.95. The number of hydrogen-bond acceptors (Lipinski definition) is 2. The zero-order chi connectivity index (χ0) is 17.2. The van der Waals surface area contributed by atoms with Gasteiger partial charge in [-0.25, -0.2) is 0 Å². The lowest BCUT2D eigenvalue weighted by Crippen LogP contribution is -2.06. The molecular weight excluding hydrogens is 321 g/mol. The van der Waals surface area contributed by atoms with Crippen molar-refractivity contribution in [2.75, 3.05) is 18.1 Å². The number of aliphatic hydroxyl groups is 1. The van der Waals surface area contributed by atoms with E-state index in [4.69, 9.17) is 5.11 Å². The molecule has 0 bridgehead atoms. The normalized spacial score (nSPS) is 12.0. The van der Waals surface area contributed by atoms with Gasteiger partial charge in [0.2, 0.25) is 0 Å². The van der Waals surface area contributed by atoms with Crippen LogP contribution in [-0.4, -0.2) is 29.4 Å². The molecule has 0 aromatic rings. The maximum absolute atomic E-state index is 11.9. The van der Waals surface area contributed by atoms with Gasteiger partial charge in [-0.05, 0) is 30.8 Å². The summed E-state index contributed by atoms with van der Waals surface area (Å²) in [6.45, 7) is 0.306. The number of unbranched alkanes of at least 4 members (excludes halogenated alkanes) is 11. The first-order valence-corrected chi connectivity index (χ1v) is 10.5. The topological polar surface area (TPSA) is 20.2 Å². The van der Waals surface area contributed by atoms with Crippen LogP contribution in [0.15, 0.2) is 0 Å². The summed E-state index contributed by atoms with van der Waals surface area (Å²) < 4.78 is 35.8. The Morgan fingerprint density at radius 3 is 1.39 bits per heavy atom. The van der Waals surface area contributed by atoms with Crippen LogP contribution in [0.25, 0.3) is 0 Å². The summed E-state index contributed by atoms with van der Waals surface area (Å²) in [7, 11) is 0. The summed E-state index contributed by atoms with van der Waals surface area (Å²) in [6, 6.07) is 0. The molecule has 1 N–H and O–H groups in total. The molecule has 0 saturated heterocycles. The number of rotatable bonds is 17. The minimum Gasteiger partial charge on any atom is -0.396 e. The molecule has 0 heterocycles. The van der Waals surface area contributed by atoms with Crippen LogP contribution >= 0.6 is 11.8 Å². The zero-order valence-electron chi connectivity index (χ0n) is 14.5. The fourth-order valence-electron chi connectivity index (χ4n) is 2.57. The number of thioether (sulfide) groups is 1. The van der Waals surface area contributed by atoms with Gasteiger partial charge in [-0.1, -0.05) is 64.2 Å². The second-order valence-corrected chi connectivity index (χ2v) is 7.52. The van der Waals surface area contributed by atoms with Crippen molar-refractivity contribution in [3.63, 3.8) is 0 Å². The van der Waals surface area contributed by atoms with Crippen molar-refractivity contribution >= 4 is 11.8 Å². The highest BCUT2D eigenvalue weighted by molar-refractivity contribution is 7.99. The van der Waals surface area contributed by atoms with Gasteiger partial charge in [0.25, 0.3) is 0 Å². The average molecular weight is 357 g/mol. The van der Waals surface area contributed by atoms with Crippen molar-refractivity contribution in [2.24, 2.45) is 0 Å². The van der Waals surface area contributed by atoms with Crippen molar-refractivity contribution in [3.8, 4) is 0 Å². The molecule has 0 aromatic heterocycles. The quantitative estimate of drug-likeness (QED) is 0.291. The first kappa shape index (κ1) is 23.1. The summed E-state index contributed by atoms with van der Waals surface area (Å²) in [5, 5.41) is 8.66. The van der Waals surface area contributed by atoms with Crippen LogP contribution in [0.2, 0.25) is 0 Å². The van der Waals surface area contributed by atoms with E-state index in [2.05, 4.69) is 0 Å². The Bertz CT molecular complexity index is 235. The van der Waals surface area contributed by atoms with Crippen molar-refractivity contribution < 1.29 is 18.3 Å². The van der Waals surface area contributed by atoms with Gasteiger partial charge < -0.3 is 5.11 Å². The third kappa shape index (κ3) is 22.1. The van der Waals surface area contributed by atoms with Gasteiger partial charge in [-0.2, -0.15) is 24.9 Å².